The number of rotatable bonds is 7. The van der Waals surface area contributed by atoms with Gasteiger partial charge in [0.25, 0.3) is 0 Å². The van der Waals surface area contributed by atoms with Crippen LogP contribution in [0.2, 0.25) is 18.1 Å². The SMILES string of the molecule is COc1ccc(N2Cc3cnc(Nc4ccccc4)nc3N([C@H]3CC[C@H](O[Si](C)(C)C(C)(C)C)CC3)C2=O)cc1. The molecule has 1 fully saturated rings. The van der Waals surface area contributed by atoms with E-state index in [1.165, 1.54) is 0 Å². The highest BCUT2D eigenvalue weighted by atomic mass is 28.4. The second-order valence-electron chi connectivity index (χ2n) is 12.3. The van der Waals surface area contributed by atoms with Crippen LogP contribution in [0.1, 0.15) is 52.0 Å². The molecule has 0 spiro atoms. The predicted octanol–water partition coefficient (Wildman–Crippen LogP) is 7.51. The van der Waals surface area contributed by atoms with Crippen molar-refractivity contribution in [2.45, 2.75) is 83.3 Å². The number of aromatic nitrogens is 2. The molecule has 40 heavy (non-hydrogen) atoms. The Kier molecular flexibility index (Phi) is 7.88. The minimum Gasteiger partial charge on any atom is -0.497 e. The first-order valence-electron chi connectivity index (χ1n) is 14.2. The molecule has 0 unspecified atom stereocenters. The second kappa shape index (κ2) is 11.2. The standard InChI is InChI=1S/C31H41N5O3Si/c1-31(2,3)40(5,6)39-27-18-14-25(15-19-27)36-28-22(20-32-29(34-28)33-23-10-8-7-9-11-23)21-35(30(36)37)24-12-16-26(38-4)17-13-24/h7-13,16-17,20,25,27H,14-15,18-19,21H2,1-6H3,(H,32,33,34)/t25-,27-. The Morgan fingerprint density at radius 2 is 1.65 bits per heavy atom. The zero-order valence-electron chi connectivity index (χ0n) is 24.5. The molecule has 0 atom stereocenters. The number of nitrogens with one attached hydrogen (secondary N) is 1. The van der Waals surface area contributed by atoms with Crippen LogP contribution in [0.4, 0.5) is 27.9 Å². The maximum Gasteiger partial charge on any atom is 0.330 e. The Morgan fingerprint density at radius 1 is 0.975 bits per heavy atom. The molecular formula is C31H41N5O3Si. The average molecular weight is 560 g/mol. The van der Waals surface area contributed by atoms with Crippen LogP contribution in [0.25, 0.3) is 0 Å². The van der Waals surface area contributed by atoms with Gasteiger partial charge in [0, 0.05) is 35.3 Å². The van der Waals surface area contributed by atoms with E-state index >= 15 is 0 Å². The molecule has 0 saturated heterocycles. The monoisotopic (exact) mass is 559 g/mol. The van der Waals surface area contributed by atoms with Gasteiger partial charge in [-0.05, 0) is 80.2 Å². The van der Waals surface area contributed by atoms with Gasteiger partial charge in [-0.2, -0.15) is 4.98 Å². The van der Waals surface area contributed by atoms with Crippen LogP contribution < -0.4 is 19.9 Å². The molecule has 9 heteroatoms. The zero-order chi connectivity index (χ0) is 28.5. The summed E-state index contributed by atoms with van der Waals surface area (Å²) < 4.78 is 12.1. The molecule has 2 amide bonds. The first kappa shape index (κ1) is 28.1. The maximum absolute atomic E-state index is 14.2. The van der Waals surface area contributed by atoms with Gasteiger partial charge in [0.05, 0.1) is 13.7 Å². The molecule has 8 nitrogen and oxygen atoms in total. The third kappa shape index (κ3) is 5.85. The number of amides is 2. The number of hydrogen-bond acceptors (Lipinski definition) is 6. The molecule has 212 valence electrons. The van der Waals surface area contributed by atoms with Gasteiger partial charge in [-0.15, -0.1) is 0 Å². The Balaban J connectivity index is 1.42. The van der Waals surface area contributed by atoms with Gasteiger partial charge in [-0.1, -0.05) is 39.0 Å². The van der Waals surface area contributed by atoms with Crippen molar-refractivity contribution in [3.8, 4) is 5.75 Å². The Bertz CT molecular complexity index is 1320. The number of methoxy groups -OCH3 is 1. The Morgan fingerprint density at radius 3 is 2.27 bits per heavy atom. The van der Waals surface area contributed by atoms with Crippen LogP contribution >= 0.6 is 0 Å². The van der Waals surface area contributed by atoms with Crippen molar-refractivity contribution in [3.05, 3.63) is 66.4 Å². The fraction of sp³-hybridized carbons (Fsp3) is 0.452. The van der Waals surface area contributed by atoms with E-state index in [-0.39, 0.29) is 23.2 Å². The number of carbonyl (C=O) groups is 1. The first-order valence-corrected chi connectivity index (χ1v) is 17.1. The molecule has 5 rings (SSSR count). The summed E-state index contributed by atoms with van der Waals surface area (Å²) in [5.74, 6) is 1.93. The van der Waals surface area contributed by atoms with Crippen molar-refractivity contribution in [3.63, 3.8) is 0 Å². The molecule has 0 bridgehead atoms. The fourth-order valence-electron chi connectivity index (χ4n) is 5.20. The molecule has 1 aromatic heterocycles. The topological polar surface area (TPSA) is 79.8 Å². The maximum atomic E-state index is 14.2. The fourth-order valence-corrected chi connectivity index (χ4v) is 6.62. The van der Waals surface area contributed by atoms with Gasteiger partial charge in [0.1, 0.15) is 11.6 Å². The smallest absolute Gasteiger partial charge is 0.330 e. The van der Waals surface area contributed by atoms with Gasteiger partial charge >= 0.3 is 6.03 Å². The number of anilines is 4. The van der Waals surface area contributed by atoms with Gasteiger partial charge in [-0.25, -0.2) is 9.78 Å². The zero-order valence-corrected chi connectivity index (χ0v) is 25.5. The predicted molar refractivity (Wildman–Crippen MR) is 163 cm³/mol. The number of para-hydroxylation sites is 1. The second-order valence-corrected chi connectivity index (χ2v) is 17.0. The molecule has 2 aliphatic rings. The summed E-state index contributed by atoms with van der Waals surface area (Å²) >= 11 is 0. The van der Waals surface area contributed by atoms with Gasteiger partial charge < -0.3 is 14.5 Å². The van der Waals surface area contributed by atoms with E-state index in [1.807, 2.05) is 70.6 Å². The van der Waals surface area contributed by atoms with E-state index in [9.17, 15) is 4.79 Å². The number of benzene rings is 2. The van der Waals surface area contributed by atoms with Crippen LogP contribution in [0.15, 0.2) is 60.8 Å². The third-order valence-electron chi connectivity index (χ3n) is 8.53. The number of carbonyl (C=O) groups excluding carboxylic acids is 1. The minimum absolute atomic E-state index is 0.0334. The van der Waals surface area contributed by atoms with Crippen molar-refractivity contribution in [1.29, 1.82) is 0 Å². The molecule has 1 aliphatic heterocycles. The molecule has 1 N–H and O–H groups in total. The summed E-state index contributed by atoms with van der Waals surface area (Å²) in [7, 11) is -0.219. The van der Waals surface area contributed by atoms with Gasteiger partial charge in [-0.3, -0.25) is 9.80 Å². The lowest BCUT2D eigenvalue weighted by molar-refractivity contribution is 0.129. The lowest BCUT2D eigenvalue weighted by atomic mass is 9.91. The Labute approximate surface area is 238 Å². The number of fused-ring (bicyclic) bond motifs is 1. The summed E-state index contributed by atoms with van der Waals surface area (Å²) in [5.41, 5.74) is 2.65. The molecule has 3 aromatic rings. The molecule has 2 heterocycles. The number of nitrogens with zero attached hydrogens (tertiary/aromatic N) is 4. The van der Waals surface area contributed by atoms with Crippen molar-refractivity contribution < 1.29 is 14.0 Å². The molecule has 1 saturated carbocycles. The van der Waals surface area contributed by atoms with Crippen molar-refractivity contribution in [1.82, 2.24) is 9.97 Å². The molecule has 0 radical (unpaired) electrons. The summed E-state index contributed by atoms with van der Waals surface area (Å²) in [6.07, 6.45) is 5.67. The van der Waals surface area contributed by atoms with Crippen LogP contribution in [-0.4, -0.2) is 43.6 Å². The normalized spacial score (nSPS) is 19.8. The quantitative estimate of drug-likeness (QED) is 0.302. The number of urea groups is 1. The van der Waals surface area contributed by atoms with E-state index in [0.29, 0.717) is 18.3 Å². The van der Waals surface area contributed by atoms with E-state index in [4.69, 9.17) is 14.1 Å². The largest absolute Gasteiger partial charge is 0.497 e. The Hall–Kier alpha value is -3.43. The van der Waals surface area contributed by atoms with Crippen LogP contribution in [0.3, 0.4) is 0 Å². The number of ether oxygens (including phenoxy) is 1. The highest BCUT2D eigenvalue weighted by Gasteiger charge is 2.42. The molecule has 1 aliphatic carbocycles. The highest BCUT2D eigenvalue weighted by Crippen LogP contribution is 2.41. The third-order valence-corrected chi connectivity index (χ3v) is 13.1. The lowest BCUT2D eigenvalue weighted by Gasteiger charge is -2.44. The lowest BCUT2D eigenvalue weighted by Crippen LogP contribution is -2.54. The van der Waals surface area contributed by atoms with E-state index in [2.05, 4.69) is 44.2 Å². The van der Waals surface area contributed by atoms with Crippen molar-refractivity contribution >= 4 is 37.5 Å². The van der Waals surface area contributed by atoms with Gasteiger partial charge in [0.2, 0.25) is 5.95 Å². The van der Waals surface area contributed by atoms with Crippen LogP contribution in [-0.2, 0) is 11.0 Å². The molecular weight excluding hydrogens is 518 g/mol. The van der Waals surface area contributed by atoms with Crippen molar-refractivity contribution in [2.24, 2.45) is 0 Å². The van der Waals surface area contributed by atoms with Gasteiger partial charge in [0.15, 0.2) is 8.32 Å². The van der Waals surface area contributed by atoms with Crippen LogP contribution in [0.5, 0.6) is 5.75 Å². The highest BCUT2D eigenvalue weighted by molar-refractivity contribution is 6.74. The summed E-state index contributed by atoms with van der Waals surface area (Å²) in [4.78, 5) is 27.4. The van der Waals surface area contributed by atoms with E-state index in [1.54, 1.807) is 7.11 Å². The van der Waals surface area contributed by atoms with Crippen LogP contribution in [0, 0.1) is 0 Å². The van der Waals surface area contributed by atoms with Crippen molar-refractivity contribution in [2.75, 3.05) is 22.2 Å². The average Bonchev–Trinajstić information content (AvgIpc) is 2.93. The molecule has 2 aromatic carbocycles. The number of hydrogen-bond donors (Lipinski definition) is 1. The first-order chi connectivity index (χ1) is 19.1. The summed E-state index contributed by atoms with van der Waals surface area (Å²) in [5, 5.41) is 3.46. The van der Waals surface area contributed by atoms with E-state index < -0.39 is 8.32 Å². The summed E-state index contributed by atoms with van der Waals surface area (Å²) in [6, 6.07) is 17.4. The minimum atomic E-state index is -1.86. The van der Waals surface area contributed by atoms with E-state index in [0.717, 1.165) is 48.4 Å². The summed E-state index contributed by atoms with van der Waals surface area (Å²) in [6.45, 7) is 11.9.